The normalized spacial score (nSPS) is 12.3. The zero-order valence-corrected chi connectivity index (χ0v) is 11.9. The van der Waals surface area contributed by atoms with E-state index in [9.17, 15) is 9.90 Å². The molecule has 2 aromatic rings. The van der Waals surface area contributed by atoms with Crippen molar-refractivity contribution in [2.75, 3.05) is 6.54 Å². The minimum atomic E-state index is -0.355. The molecule has 1 aromatic heterocycles. The minimum Gasteiger partial charge on any atom is -0.393 e. The largest absolute Gasteiger partial charge is 0.393 e. The second kappa shape index (κ2) is 6.48. The van der Waals surface area contributed by atoms with E-state index in [2.05, 4.69) is 10.3 Å². The van der Waals surface area contributed by atoms with Gasteiger partial charge in [-0.15, -0.1) is 0 Å². The number of benzene rings is 1. The van der Waals surface area contributed by atoms with Gasteiger partial charge in [-0.25, -0.2) is 0 Å². The Morgan fingerprint density at radius 3 is 2.90 bits per heavy atom. The third-order valence-electron chi connectivity index (χ3n) is 3.32. The molecule has 2 rings (SSSR count). The number of para-hydroxylation sites is 1. The topological polar surface area (TPSA) is 62.2 Å². The molecule has 0 saturated carbocycles. The summed E-state index contributed by atoms with van der Waals surface area (Å²) in [7, 11) is 0. The molecule has 2 N–H and O–H groups in total. The molecule has 20 heavy (non-hydrogen) atoms. The van der Waals surface area contributed by atoms with Crippen molar-refractivity contribution in [2.24, 2.45) is 0 Å². The molecule has 0 spiro atoms. The van der Waals surface area contributed by atoms with Crippen LogP contribution in [0.1, 0.15) is 35.8 Å². The number of hydrogen-bond donors (Lipinski definition) is 2. The molecule has 0 aliphatic carbocycles. The molecule has 106 valence electrons. The summed E-state index contributed by atoms with van der Waals surface area (Å²) in [5.41, 5.74) is 2.28. The zero-order chi connectivity index (χ0) is 14.5. The number of fused-ring (bicyclic) bond motifs is 1. The molecule has 1 atom stereocenters. The number of pyridine rings is 1. The van der Waals surface area contributed by atoms with Crippen LogP contribution >= 0.6 is 0 Å². The Labute approximate surface area is 118 Å². The lowest BCUT2D eigenvalue weighted by molar-refractivity contribution is 0.0943. The van der Waals surface area contributed by atoms with Crippen molar-refractivity contribution in [3.05, 3.63) is 41.6 Å². The number of aromatic nitrogens is 1. The van der Waals surface area contributed by atoms with Gasteiger partial charge in [0.2, 0.25) is 0 Å². The number of aliphatic hydroxyl groups excluding tert-OH is 1. The van der Waals surface area contributed by atoms with Crippen molar-refractivity contribution in [2.45, 2.75) is 32.8 Å². The van der Waals surface area contributed by atoms with Gasteiger partial charge < -0.3 is 10.4 Å². The van der Waals surface area contributed by atoms with E-state index in [1.807, 2.05) is 38.1 Å². The smallest absolute Gasteiger partial charge is 0.252 e. The molecule has 0 saturated heterocycles. The van der Waals surface area contributed by atoms with Gasteiger partial charge in [-0.1, -0.05) is 25.1 Å². The van der Waals surface area contributed by atoms with Gasteiger partial charge in [-0.05, 0) is 31.9 Å². The second-order valence-corrected chi connectivity index (χ2v) is 4.93. The van der Waals surface area contributed by atoms with Gasteiger partial charge >= 0.3 is 0 Å². The fourth-order valence-corrected chi connectivity index (χ4v) is 2.15. The molecule has 0 aliphatic heterocycles. The third-order valence-corrected chi connectivity index (χ3v) is 3.32. The summed E-state index contributed by atoms with van der Waals surface area (Å²) in [6.45, 7) is 4.28. The number of aryl methyl sites for hydroxylation is 1. The summed E-state index contributed by atoms with van der Waals surface area (Å²) >= 11 is 0. The second-order valence-electron chi connectivity index (χ2n) is 4.93. The number of carbonyl (C=O) groups is 1. The third kappa shape index (κ3) is 3.33. The highest BCUT2D eigenvalue weighted by Gasteiger charge is 2.11. The Morgan fingerprint density at radius 1 is 1.40 bits per heavy atom. The van der Waals surface area contributed by atoms with Crippen molar-refractivity contribution < 1.29 is 9.90 Å². The van der Waals surface area contributed by atoms with Gasteiger partial charge in [0.25, 0.3) is 5.91 Å². The van der Waals surface area contributed by atoms with E-state index in [0.29, 0.717) is 24.9 Å². The van der Waals surface area contributed by atoms with Gasteiger partial charge in [0.1, 0.15) is 0 Å². The van der Waals surface area contributed by atoms with E-state index in [0.717, 1.165) is 16.6 Å². The molecular weight excluding hydrogens is 252 g/mol. The molecule has 0 radical (unpaired) electrons. The van der Waals surface area contributed by atoms with Crippen molar-refractivity contribution in [1.82, 2.24) is 10.3 Å². The monoisotopic (exact) mass is 272 g/mol. The lowest BCUT2D eigenvalue weighted by Gasteiger charge is -2.11. The van der Waals surface area contributed by atoms with E-state index in [1.165, 1.54) is 0 Å². The molecule has 1 heterocycles. The summed E-state index contributed by atoms with van der Waals surface area (Å²) < 4.78 is 0. The fourth-order valence-electron chi connectivity index (χ4n) is 2.15. The number of aliphatic hydroxyl groups is 1. The lowest BCUT2D eigenvalue weighted by atomic mass is 10.1. The van der Waals surface area contributed by atoms with E-state index >= 15 is 0 Å². The highest BCUT2D eigenvalue weighted by molar-refractivity contribution is 6.06. The van der Waals surface area contributed by atoms with E-state index in [-0.39, 0.29) is 12.0 Å². The van der Waals surface area contributed by atoms with Crippen LogP contribution < -0.4 is 5.32 Å². The molecule has 4 nitrogen and oxygen atoms in total. The zero-order valence-electron chi connectivity index (χ0n) is 11.9. The first kappa shape index (κ1) is 14.5. The van der Waals surface area contributed by atoms with Crippen molar-refractivity contribution >= 4 is 16.8 Å². The molecule has 0 bridgehead atoms. The maximum atomic E-state index is 12.3. The number of nitrogens with zero attached hydrogens (tertiary/aromatic N) is 1. The predicted molar refractivity (Wildman–Crippen MR) is 79.7 cm³/mol. The minimum absolute atomic E-state index is 0.116. The van der Waals surface area contributed by atoms with Crippen LogP contribution in [-0.4, -0.2) is 28.6 Å². The van der Waals surface area contributed by atoms with Crippen LogP contribution in [0.2, 0.25) is 0 Å². The number of carbonyl (C=O) groups excluding carboxylic acids is 1. The Kier molecular flexibility index (Phi) is 4.69. The number of amides is 1. The van der Waals surface area contributed by atoms with E-state index < -0.39 is 0 Å². The maximum Gasteiger partial charge on any atom is 0.252 e. The molecule has 4 heteroatoms. The molecule has 1 aromatic carbocycles. The van der Waals surface area contributed by atoms with Gasteiger partial charge in [0.15, 0.2) is 0 Å². The van der Waals surface area contributed by atoms with Gasteiger partial charge in [-0.2, -0.15) is 0 Å². The van der Waals surface area contributed by atoms with Crippen molar-refractivity contribution in [1.29, 1.82) is 0 Å². The molecule has 0 fully saturated rings. The van der Waals surface area contributed by atoms with E-state index in [1.54, 1.807) is 6.07 Å². The first-order valence-corrected chi connectivity index (χ1v) is 6.94. The van der Waals surface area contributed by atoms with Crippen LogP contribution in [0.25, 0.3) is 10.9 Å². The predicted octanol–water partition coefficient (Wildman–Crippen LogP) is 2.43. The summed E-state index contributed by atoms with van der Waals surface area (Å²) in [6, 6.07) is 9.41. The number of hydrogen-bond acceptors (Lipinski definition) is 3. The Morgan fingerprint density at radius 2 is 2.15 bits per heavy atom. The SMILES string of the molecule is CCC(O)CCNC(=O)c1cc(C)nc2ccccc12. The molecule has 0 aliphatic rings. The highest BCUT2D eigenvalue weighted by Crippen LogP contribution is 2.18. The lowest BCUT2D eigenvalue weighted by Crippen LogP contribution is -2.27. The van der Waals surface area contributed by atoms with Crippen LogP contribution in [0, 0.1) is 6.92 Å². The van der Waals surface area contributed by atoms with Crippen LogP contribution in [0.4, 0.5) is 0 Å². The van der Waals surface area contributed by atoms with Crippen molar-refractivity contribution in [3.8, 4) is 0 Å². The summed E-state index contributed by atoms with van der Waals surface area (Å²) in [4.78, 5) is 16.7. The fraction of sp³-hybridized carbons (Fsp3) is 0.375. The average molecular weight is 272 g/mol. The van der Waals surface area contributed by atoms with Crippen LogP contribution in [0.5, 0.6) is 0 Å². The standard InChI is InChI=1S/C16H20N2O2/c1-3-12(19)8-9-17-16(20)14-10-11(2)18-15-7-5-4-6-13(14)15/h4-7,10,12,19H,3,8-9H2,1-2H3,(H,17,20). The molecular formula is C16H20N2O2. The first-order chi connectivity index (χ1) is 9.61. The summed E-state index contributed by atoms with van der Waals surface area (Å²) in [5.74, 6) is -0.116. The van der Waals surface area contributed by atoms with E-state index in [4.69, 9.17) is 0 Å². The Bertz CT molecular complexity index is 610. The average Bonchev–Trinajstić information content (AvgIpc) is 2.45. The summed E-state index contributed by atoms with van der Waals surface area (Å²) in [6.07, 6.45) is 0.920. The molecule has 1 amide bonds. The Balaban J connectivity index is 2.17. The molecule has 1 unspecified atom stereocenters. The Hall–Kier alpha value is -1.94. The van der Waals surface area contributed by atoms with Gasteiger partial charge in [0, 0.05) is 17.6 Å². The van der Waals surface area contributed by atoms with Crippen LogP contribution in [0.15, 0.2) is 30.3 Å². The number of nitrogens with one attached hydrogen (secondary N) is 1. The van der Waals surface area contributed by atoms with Gasteiger partial charge in [-0.3, -0.25) is 9.78 Å². The van der Waals surface area contributed by atoms with Crippen molar-refractivity contribution in [3.63, 3.8) is 0 Å². The highest BCUT2D eigenvalue weighted by atomic mass is 16.3. The summed E-state index contributed by atoms with van der Waals surface area (Å²) in [5, 5.41) is 13.2. The first-order valence-electron chi connectivity index (χ1n) is 6.94. The maximum absolute atomic E-state index is 12.3. The van der Waals surface area contributed by atoms with Crippen LogP contribution in [0.3, 0.4) is 0 Å². The van der Waals surface area contributed by atoms with Crippen LogP contribution in [-0.2, 0) is 0 Å². The number of rotatable bonds is 5. The quantitative estimate of drug-likeness (QED) is 0.878. The van der Waals surface area contributed by atoms with Gasteiger partial charge in [0.05, 0.1) is 17.2 Å².